The average molecular weight is 213 g/mol. The molecule has 15 heavy (non-hydrogen) atoms. The van der Waals surface area contributed by atoms with Gasteiger partial charge >= 0.3 is 6.98 Å². The molecule has 7 heteroatoms. The van der Waals surface area contributed by atoms with E-state index in [2.05, 4.69) is 10.2 Å². The van der Waals surface area contributed by atoms with Crippen LogP contribution in [0, 0.1) is 0 Å². The maximum atomic E-state index is 12.4. The summed E-state index contributed by atoms with van der Waals surface area (Å²) in [6.07, 6.45) is 1.20. The zero-order valence-corrected chi connectivity index (χ0v) is 7.38. The maximum absolute atomic E-state index is 12.4. The molecule has 0 unspecified atom stereocenters. The molecule has 0 saturated heterocycles. The Morgan fingerprint density at radius 2 is 2.00 bits per heavy atom. The van der Waals surface area contributed by atoms with Crippen LogP contribution in [0.25, 0.3) is 10.8 Å². The fourth-order valence-corrected chi connectivity index (χ4v) is 1.32. The highest BCUT2D eigenvalue weighted by Gasteiger charge is 2.25. The summed E-state index contributed by atoms with van der Waals surface area (Å²) in [5.41, 5.74) is -1.22. The molecule has 1 aromatic heterocycles. The molecule has 0 radical (unpaired) electrons. The first-order valence-electron chi connectivity index (χ1n) is 4.16. The Bertz CT molecular complexity index is 564. The molecule has 1 N–H and O–H groups in total. The van der Waals surface area contributed by atoms with Crippen LogP contribution < -0.4 is 11.0 Å². The highest BCUT2D eigenvalue weighted by Crippen LogP contribution is 2.12. The first-order chi connectivity index (χ1) is 6.98. The summed E-state index contributed by atoms with van der Waals surface area (Å²) in [7, 11) is 0. The molecule has 2 rings (SSSR count). The second-order valence-corrected chi connectivity index (χ2v) is 3.12. The topological polar surface area (TPSA) is 45.8 Å². The van der Waals surface area contributed by atoms with Gasteiger partial charge < -0.3 is 12.9 Å². The van der Waals surface area contributed by atoms with Crippen molar-refractivity contribution in [2.45, 2.75) is 0 Å². The van der Waals surface area contributed by atoms with E-state index in [0.29, 0.717) is 0 Å². The van der Waals surface area contributed by atoms with Crippen LogP contribution in [0.4, 0.5) is 12.9 Å². The Kier molecular flexibility index (Phi) is 2.03. The normalized spacial score (nSPS) is 11.9. The number of nitrogens with zero attached hydrogens (tertiary/aromatic N) is 1. The van der Waals surface area contributed by atoms with E-state index in [4.69, 9.17) is 0 Å². The lowest BCUT2D eigenvalue weighted by Gasteiger charge is -2.14. The second-order valence-electron chi connectivity index (χ2n) is 3.12. The number of fused-ring (bicyclic) bond motifs is 1. The van der Waals surface area contributed by atoms with Crippen molar-refractivity contribution in [3.05, 3.63) is 34.7 Å². The molecule has 0 bridgehead atoms. The van der Waals surface area contributed by atoms with Crippen molar-refractivity contribution >= 4 is 23.2 Å². The number of hydrogen-bond acceptors (Lipinski definition) is 2. The van der Waals surface area contributed by atoms with Gasteiger partial charge in [0.25, 0.3) is 5.56 Å². The molecule has 0 aliphatic heterocycles. The van der Waals surface area contributed by atoms with E-state index >= 15 is 0 Å². The number of benzene rings is 1. The van der Waals surface area contributed by atoms with E-state index in [1.807, 2.05) is 0 Å². The molecular weight excluding hydrogens is 208 g/mol. The first kappa shape index (κ1) is 9.76. The van der Waals surface area contributed by atoms with E-state index in [-0.39, 0.29) is 10.8 Å². The number of hydrogen-bond donors (Lipinski definition) is 1. The summed E-state index contributed by atoms with van der Waals surface area (Å²) in [5.74, 6) is 0. The van der Waals surface area contributed by atoms with E-state index in [1.54, 1.807) is 0 Å². The highest BCUT2D eigenvalue weighted by atomic mass is 19.4. The number of H-pyrrole nitrogens is 1. The van der Waals surface area contributed by atoms with Gasteiger partial charge in [0, 0.05) is 10.8 Å². The van der Waals surface area contributed by atoms with Crippen LogP contribution in [-0.4, -0.2) is 17.2 Å². The SMILES string of the molecule is O=c1[nH]ncc2cc([B-](F)(F)F)ccc12. The Morgan fingerprint density at radius 1 is 1.27 bits per heavy atom. The molecule has 0 aliphatic carbocycles. The van der Waals surface area contributed by atoms with E-state index in [1.165, 1.54) is 6.20 Å². The minimum Gasteiger partial charge on any atom is -0.445 e. The molecule has 3 nitrogen and oxygen atoms in total. The standard InChI is InChI=1S/C8H5BF3N2O/c10-9(11,12)6-1-2-7-5(3-6)4-13-14-8(7)15/h1-4H,(H,14,15)/q-1. The summed E-state index contributed by atoms with van der Waals surface area (Å²) in [4.78, 5) is 11.1. The molecule has 0 fully saturated rings. The zero-order valence-electron chi connectivity index (χ0n) is 7.38. The van der Waals surface area contributed by atoms with Crippen LogP contribution in [-0.2, 0) is 0 Å². The minimum absolute atomic E-state index is 0.190. The molecular formula is C8H5BF3N2O-. The Balaban J connectivity index is 2.73. The predicted molar refractivity (Wildman–Crippen MR) is 51.1 cm³/mol. The lowest BCUT2D eigenvalue weighted by Crippen LogP contribution is -2.33. The molecule has 0 saturated carbocycles. The lowest BCUT2D eigenvalue weighted by atomic mass is 9.79. The van der Waals surface area contributed by atoms with Crippen molar-refractivity contribution < 1.29 is 12.9 Å². The minimum atomic E-state index is -5.04. The van der Waals surface area contributed by atoms with Crippen molar-refractivity contribution in [1.82, 2.24) is 10.2 Å². The summed E-state index contributed by atoms with van der Waals surface area (Å²) < 4.78 is 37.1. The van der Waals surface area contributed by atoms with Crippen LogP contribution in [0.5, 0.6) is 0 Å². The van der Waals surface area contributed by atoms with Crippen LogP contribution in [0.1, 0.15) is 0 Å². The first-order valence-corrected chi connectivity index (χ1v) is 4.16. The van der Waals surface area contributed by atoms with Crippen LogP contribution in [0.2, 0.25) is 0 Å². The number of rotatable bonds is 1. The number of aromatic nitrogens is 2. The van der Waals surface area contributed by atoms with Crippen LogP contribution >= 0.6 is 0 Å². The third-order valence-corrected chi connectivity index (χ3v) is 2.07. The molecule has 0 aliphatic rings. The summed E-state index contributed by atoms with van der Waals surface area (Å²) in [6, 6.07) is 2.98. The Morgan fingerprint density at radius 3 is 2.67 bits per heavy atom. The quantitative estimate of drug-likeness (QED) is 0.717. The van der Waals surface area contributed by atoms with Gasteiger partial charge in [0.05, 0.1) is 6.20 Å². The van der Waals surface area contributed by atoms with Crippen molar-refractivity contribution in [1.29, 1.82) is 0 Å². The molecule has 0 amide bonds. The van der Waals surface area contributed by atoms with Gasteiger partial charge in [0.2, 0.25) is 0 Å². The van der Waals surface area contributed by atoms with E-state index in [9.17, 15) is 17.7 Å². The zero-order chi connectivity index (χ0) is 11.1. The second kappa shape index (κ2) is 3.11. The fourth-order valence-electron chi connectivity index (χ4n) is 1.32. The van der Waals surface area contributed by atoms with Gasteiger partial charge in [-0.2, -0.15) is 5.10 Å². The van der Waals surface area contributed by atoms with Crippen molar-refractivity contribution in [2.24, 2.45) is 0 Å². The van der Waals surface area contributed by atoms with Gasteiger partial charge in [-0.15, -0.1) is 5.46 Å². The van der Waals surface area contributed by atoms with Crippen molar-refractivity contribution in [3.8, 4) is 0 Å². The lowest BCUT2D eigenvalue weighted by molar-refractivity contribution is 0.501. The van der Waals surface area contributed by atoms with Gasteiger partial charge in [-0.3, -0.25) is 4.79 Å². The molecule has 78 valence electrons. The van der Waals surface area contributed by atoms with Crippen LogP contribution in [0.15, 0.2) is 29.2 Å². The fraction of sp³-hybridized carbons (Fsp3) is 0. The maximum Gasteiger partial charge on any atom is 0.509 e. The summed E-state index contributed by atoms with van der Waals surface area (Å²) in [5, 5.41) is 5.98. The van der Waals surface area contributed by atoms with Crippen molar-refractivity contribution in [3.63, 3.8) is 0 Å². The van der Waals surface area contributed by atoms with Gasteiger partial charge in [0.15, 0.2) is 0 Å². The Hall–Kier alpha value is -1.79. The molecule has 1 aromatic carbocycles. The average Bonchev–Trinajstić information content (AvgIpc) is 2.16. The third kappa shape index (κ3) is 1.72. The van der Waals surface area contributed by atoms with Crippen molar-refractivity contribution in [2.75, 3.05) is 0 Å². The third-order valence-electron chi connectivity index (χ3n) is 2.07. The van der Waals surface area contributed by atoms with Gasteiger partial charge in [-0.1, -0.05) is 18.2 Å². The van der Waals surface area contributed by atoms with Gasteiger partial charge in [-0.25, -0.2) is 5.10 Å². The molecule has 0 atom stereocenters. The summed E-state index contributed by atoms with van der Waals surface area (Å²) >= 11 is 0. The van der Waals surface area contributed by atoms with E-state index < -0.39 is 18.0 Å². The van der Waals surface area contributed by atoms with Gasteiger partial charge in [-0.05, 0) is 0 Å². The Labute approximate surface area is 82.0 Å². The van der Waals surface area contributed by atoms with E-state index in [0.717, 1.165) is 18.2 Å². The smallest absolute Gasteiger partial charge is 0.445 e. The van der Waals surface area contributed by atoms with Gasteiger partial charge in [0.1, 0.15) is 0 Å². The molecule has 1 heterocycles. The van der Waals surface area contributed by atoms with Crippen LogP contribution in [0.3, 0.4) is 0 Å². The number of nitrogens with one attached hydrogen (secondary N) is 1. The predicted octanol–water partition coefficient (Wildman–Crippen LogP) is 0.977. The molecule has 2 aromatic rings. The number of aromatic amines is 1. The summed E-state index contributed by atoms with van der Waals surface area (Å²) in [6.45, 7) is -5.04. The largest absolute Gasteiger partial charge is 0.509 e. The number of halogens is 3. The monoisotopic (exact) mass is 213 g/mol. The molecule has 0 spiro atoms. The highest BCUT2D eigenvalue weighted by molar-refractivity contribution is 6.73.